The summed E-state index contributed by atoms with van der Waals surface area (Å²) in [6, 6.07) is 13.6. The maximum Gasteiger partial charge on any atom is 0.170 e. The number of benzene rings is 2. The monoisotopic (exact) mass is 479 g/mol. The van der Waals surface area contributed by atoms with Crippen molar-refractivity contribution in [3.8, 4) is 22.6 Å². The summed E-state index contributed by atoms with van der Waals surface area (Å²) in [6.45, 7) is 0. The molecule has 156 valence electrons. The van der Waals surface area contributed by atoms with Crippen LogP contribution in [0.5, 0.6) is 0 Å². The van der Waals surface area contributed by atoms with E-state index >= 15 is 0 Å². The molecule has 0 amide bonds. The largest absolute Gasteiger partial charge is 0.409 e. The lowest BCUT2D eigenvalue weighted by atomic mass is 10.1. The Morgan fingerprint density at radius 1 is 0.862 bits per heavy atom. The smallest absolute Gasteiger partial charge is 0.170 e. The number of nitrogens with two attached hydrogens (primary N) is 2. The van der Waals surface area contributed by atoms with E-state index in [-0.39, 0.29) is 48.9 Å². The first-order valence-corrected chi connectivity index (χ1v) is 7.74. The Morgan fingerprint density at radius 2 is 1.41 bits per heavy atom. The maximum atomic E-state index is 8.73. The van der Waals surface area contributed by atoms with Gasteiger partial charge in [-0.05, 0) is 12.1 Å². The predicted molar refractivity (Wildman–Crippen MR) is 119 cm³/mol. The molecule has 0 aliphatic rings. The summed E-state index contributed by atoms with van der Waals surface area (Å²) >= 11 is 6.26. The third-order valence-electron chi connectivity index (χ3n) is 3.73. The van der Waals surface area contributed by atoms with Crippen molar-refractivity contribution in [2.45, 2.75) is 0 Å². The Bertz CT molecular complexity index is 1010. The van der Waals surface area contributed by atoms with Crippen molar-refractivity contribution in [3.05, 3.63) is 64.7 Å². The number of nitrogens with zero attached hydrogens (tertiary/aromatic N) is 3. The molecule has 29 heavy (non-hydrogen) atoms. The molecule has 3 rings (SSSR count). The predicted octanol–water partition coefficient (Wildman–Crippen LogP) is 4.12. The van der Waals surface area contributed by atoms with Crippen molar-refractivity contribution in [2.75, 3.05) is 0 Å². The van der Waals surface area contributed by atoms with E-state index < -0.39 is 0 Å². The molecule has 0 aliphatic carbocycles. The fourth-order valence-electron chi connectivity index (χ4n) is 2.34. The highest BCUT2D eigenvalue weighted by Crippen LogP contribution is 2.31. The van der Waals surface area contributed by atoms with Crippen LogP contribution in [-0.2, 0) is 0 Å². The number of oxime groups is 2. The van der Waals surface area contributed by atoms with Crippen LogP contribution in [0.25, 0.3) is 22.6 Å². The third kappa shape index (κ3) is 5.68. The molecule has 2 aromatic carbocycles. The van der Waals surface area contributed by atoms with E-state index in [2.05, 4.69) is 15.5 Å². The number of aromatic nitrogens is 1. The molecule has 0 unspecified atom stereocenters. The zero-order chi connectivity index (χ0) is 18.7. The fraction of sp³-hybridized carbons (Fsp3) is 0. The van der Waals surface area contributed by atoms with Crippen LogP contribution in [0, 0.1) is 0 Å². The molecule has 0 bridgehead atoms. The fourth-order valence-corrected chi connectivity index (χ4v) is 2.61. The topological polar surface area (TPSA) is 143 Å². The van der Waals surface area contributed by atoms with Crippen LogP contribution in [-0.4, -0.2) is 27.2 Å². The zero-order valence-corrected chi connectivity index (χ0v) is 17.7. The summed E-state index contributed by atoms with van der Waals surface area (Å²) in [5.74, 6) is 0.453. The van der Waals surface area contributed by atoms with E-state index in [1.807, 2.05) is 0 Å². The summed E-state index contributed by atoms with van der Waals surface area (Å²) in [7, 11) is 0. The highest BCUT2D eigenvalue weighted by Gasteiger charge is 2.13. The molecule has 0 atom stereocenters. The van der Waals surface area contributed by atoms with Crippen molar-refractivity contribution in [3.63, 3.8) is 0 Å². The normalized spacial score (nSPS) is 11.1. The summed E-state index contributed by atoms with van der Waals surface area (Å²) < 4.78 is 5.38. The number of hydrogen-bond donors (Lipinski definition) is 4. The van der Waals surface area contributed by atoms with Crippen LogP contribution in [0.15, 0.2) is 63.4 Å². The van der Waals surface area contributed by atoms with Gasteiger partial charge >= 0.3 is 0 Å². The molecular formula is C17H17Cl4N5O3. The lowest BCUT2D eigenvalue weighted by molar-refractivity contribution is 0.318. The summed E-state index contributed by atoms with van der Waals surface area (Å²) in [6.07, 6.45) is 0. The highest BCUT2D eigenvalue weighted by molar-refractivity contribution is 6.33. The maximum absolute atomic E-state index is 8.73. The van der Waals surface area contributed by atoms with Crippen LogP contribution >= 0.6 is 48.8 Å². The van der Waals surface area contributed by atoms with Crippen molar-refractivity contribution in [2.24, 2.45) is 21.8 Å². The van der Waals surface area contributed by atoms with E-state index in [0.29, 0.717) is 33.2 Å². The summed E-state index contributed by atoms with van der Waals surface area (Å²) in [5.41, 5.74) is 14.2. The minimum Gasteiger partial charge on any atom is -0.409 e. The second-order valence-corrected chi connectivity index (χ2v) is 5.73. The number of hydrogen-bond acceptors (Lipinski definition) is 6. The molecule has 0 aliphatic heterocycles. The van der Waals surface area contributed by atoms with Gasteiger partial charge in [0.25, 0.3) is 0 Å². The molecule has 0 spiro atoms. The molecule has 3 aromatic rings. The highest BCUT2D eigenvalue weighted by atomic mass is 35.5. The molecule has 0 saturated carbocycles. The first-order valence-electron chi connectivity index (χ1n) is 7.36. The van der Waals surface area contributed by atoms with E-state index in [9.17, 15) is 0 Å². The lowest BCUT2D eigenvalue weighted by Crippen LogP contribution is -2.12. The molecule has 6 N–H and O–H groups in total. The average molecular weight is 481 g/mol. The van der Waals surface area contributed by atoms with Crippen LogP contribution in [0.1, 0.15) is 11.1 Å². The van der Waals surface area contributed by atoms with Gasteiger partial charge in [0.1, 0.15) is 5.69 Å². The summed E-state index contributed by atoms with van der Waals surface area (Å²) in [5, 5.41) is 27.7. The van der Waals surface area contributed by atoms with E-state index in [0.717, 1.165) is 5.56 Å². The third-order valence-corrected chi connectivity index (χ3v) is 4.05. The van der Waals surface area contributed by atoms with Crippen LogP contribution in [0.3, 0.4) is 0 Å². The molecule has 0 saturated heterocycles. The number of amidine groups is 2. The Balaban J connectivity index is 0.00000261. The van der Waals surface area contributed by atoms with Gasteiger partial charge in [0, 0.05) is 28.3 Å². The van der Waals surface area contributed by atoms with Crippen molar-refractivity contribution in [1.29, 1.82) is 0 Å². The Morgan fingerprint density at radius 3 is 1.97 bits per heavy atom. The van der Waals surface area contributed by atoms with Gasteiger partial charge in [-0.2, -0.15) is 0 Å². The Labute approximate surface area is 189 Å². The van der Waals surface area contributed by atoms with Crippen molar-refractivity contribution < 1.29 is 14.9 Å². The second kappa shape index (κ2) is 11.4. The number of rotatable bonds is 4. The van der Waals surface area contributed by atoms with Gasteiger partial charge in [-0.1, -0.05) is 57.4 Å². The van der Waals surface area contributed by atoms with Crippen molar-refractivity contribution >= 4 is 60.5 Å². The molecule has 1 aromatic heterocycles. The van der Waals surface area contributed by atoms with Gasteiger partial charge in [-0.3, -0.25) is 0 Å². The Kier molecular flexibility index (Phi) is 10.3. The van der Waals surface area contributed by atoms with E-state index in [1.54, 1.807) is 48.5 Å². The van der Waals surface area contributed by atoms with Gasteiger partial charge in [0.15, 0.2) is 17.4 Å². The van der Waals surface area contributed by atoms with Crippen LogP contribution in [0.4, 0.5) is 0 Å². The quantitative estimate of drug-likeness (QED) is 0.191. The standard InChI is InChI=1S/C17H14ClN5O3.3ClH/c18-13-7-11(17(20)22-25)5-6-12(13)15-8-14(23-26-15)9-1-3-10(4-2-9)16(19)21-24;;;/h1-8,24-25H,(H2,19,21)(H2,20,22);3*1H. The van der Waals surface area contributed by atoms with Crippen LogP contribution < -0.4 is 11.5 Å². The average Bonchev–Trinajstić information content (AvgIpc) is 3.16. The van der Waals surface area contributed by atoms with Gasteiger partial charge in [-0.15, -0.1) is 37.2 Å². The van der Waals surface area contributed by atoms with E-state index in [1.165, 1.54) is 0 Å². The second-order valence-electron chi connectivity index (χ2n) is 5.32. The molecule has 0 radical (unpaired) electrons. The molecule has 0 fully saturated rings. The first kappa shape index (κ1) is 26.4. The van der Waals surface area contributed by atoms with Gasteiger partial charge in [0.2, 0.25) is 0 Å². The molecular weight excluding hydrogens is 464 g/mol. The first-order chi connectivity index (χ1) is 12.5. The SMILES string of the molecule is Cl.Cl.Cl.N/C(=N\O)c1ccc(-c2cc(-c3ccc(/C(N)=N/O)cc3Cl)on2)cc1. The summed E-state index contributed by atoms with van der Waals surface area (Å²) in [4.78, 5) is 0. The lowest BCUT2D eigenvalue weighted by Gasteiger charge is -2.03. The minimum atomic E-state index is -0.0394. The Hall–Kier alpha value is -2.65. The van der Waals surface area contributed by atoms with Gasteiger partial charge in [0.05, 0.1) is 5.02 Å². The van der Waals surface area contributed by atoms with Gasteiger partial charge in [-0.25, -0.2) is 0 Å². The minimum absolute atomic E-state index is 0. The van der Waals surface area contributed by atoms with Crippen molar-refractivity contribution in [1.82, 2.24) is 5.16 Å². The molecule has 8 nitrogen and oxygen atoms in total. The number of halogens is 4. The van der Waals surface area contributed by atoms with E-state index in [4.69, 9.17) is 38.0 Å². The molecule has 12 heteroatoms. The molecule has 1 heterocycles. The van der Waals surface area contributed by atoms with Gasteiger partial charge < -0.3 is 26.4 Å². The zero-order valence-electron chi connectivity index (χ0n) is 14.5. The van der Waals surface area contributed by atoms with Crippen LogP contribution in [0.2, 0.25) is 5.02 Å².